The summed E-state index contributed by atoms with van der Waals surface area (Å²) in [5, 5.41) is 18.0. The molecule has 0 spiro atoms. The fourth-order valence-corrected chi connectivity index (χ4v) is 4.10. The van der Waals surface area contributed by atoms with Gasteiger partial charge in [0.1, 0.15) is 18.1 Å². The Hall–Kier alpha value is -3.58. The summed E-state index contributed by atoms with van der Waals surface area (Å²) in [7, 11) is 0. The molecule has 37 heavy (non-hydrogen) atoms. The summed E-state index contributed by atoms with van der Waals surface area (Å²) in [4.78, 5) is 64.3. The normalized spacial score (nSPS) is 14.2. The van der Waals surface area contributed by atoms with Gasteiger partial charge in [-0.25, -0.2) is 4.79 Å². The van der Waals surface area contributed by atoms with E-state index in [1.54, 1.807) is 6.20 Å². The van der Waals surface area contributed by atoms with E-state index in [1.807, 2.05) is 30.5 Å². The molecular formula is C24H34N6O6S. The second kappa shape index (κ2) is 14.2. The topological polar surface area (TPSA) is 209 Å². The number of rotatable bonds is 15. The number of carboxylic acids is 1. The molecule has 0 radical (unpaired) electrons. The Labute approximate surface area is 218 Å². The molecule has 202 valence electrons. The van der Waals surface area contributed by atoms with Crippen LogP contribution in [0.5, 0.6) is 0 Å². The van der Waals surface area contributed by atoms with Gasteiger partial charge in [0.25, 0.3) is 0 Å². The Morgan fingerprint density at radius 1 is 1.00 bits per heavy atom. The highest BCUT2D eigenvalue weighted by atomic mass is 32.2. The first-order valence-corrected chi connectivity index (χ1v) is 13.1. The second-order valence-electron chi connectivity index (χ2n) is 8.65. The number of aliphatic carboxylic acids is 1. The van der Waals surface area contributed by atoms with Gasteiger partial charge in [0, 0.05) is 29.9 Å². The molecule has 2 rings (SSSR count). The number of nitrogens with one attached hydrogen (secondary N) is 4. The molecule has 12 nitrogen and oxygen atoms in total. The van der Waals surface area contributed by atoms with Gasteiger partial charge in [-0.15, -0.1) is 0 Å². The van der Waals surface area contributed by atoms with Crippen molar-refractivity contribution in [2.24, 2.45) is 11.5 Å². The number of fused-ring (bicyclic) bond motifs is 1. The smallest absolute Gasteiger partial charge is 0.326 e. The number of amides is 4. The van der Waals surface area contributed by atoms with Crippen molar-refractivity contribution < 1.29 is 29.1 Å². The third-order valence-corrected chi connectivity index (χ3v) is 6.39. The molecule has 4 unspecified atom stereocenters. The fraction of sp³-hybridized carbons (Fsp3) is 0.458. The fourth-order valence-electron chi connectivity index (χ4n) is 3.61. The van der Waals surface area contributed by atoms with Crippen LogP contribution >= 0.6 is 11.8 Å². The van der Waals surface area contributed by atoms with Crippen LogP contribution in [0.1, 0.15) is 31.7 Å². The summed E-state index contributed by atoms with van der Waals surface area (Å²) < 4.78 is 0. The number of nitrogens with two attached hydrogens (primary N) is 2. The first-order chi connectivity index (χ1) is 17.5. The minimum atomic E-state index is -1.30. The van der Waals surface area contributed by atoms with Crippen molar-refractivity contribution in [2.75, 3.05) is 12.0 Å². The number of carbonyl (C=O) groups excluding carboxylic acids is 4. The molecule has 1 aromatic heterocycles. The van der Waals surface area contributed by atoms with E-state index in [-0.39, 0.29) is 19.3 Å². The largest absolute Gasteiger partial charge is 0.480 e. The van der Waals surface area contributed by atoms with Crippen molar-refractivity contribution in [3.05, 3.63) is 36.0 Å². The van der Waals surface area contributed by atoms with Crippen LogP contribution < -0.4 is 27.4 Å². The van der Waals surface area contributed by atoms with Crippen molar-refractivity contribution in [3.8, 4) is 0 Å². The monoisotopic (exact) mass is 534 g/mol. The van der Waals surface area contributed by atoms with Gasteiger partial charge >= 0.3 is 5.97 Å². The van der Waals surface area contributed by atoms with Crippen LogP contribution in [-0.2, 0) is 30.4 Å². The summed E-state index contributed by atoms with van der Waals surface area (Å²) in [5.41, 5.74) is 12.5. The van der Waals surface area contributed by atoms with Gasteiger partial charge in [-0.05, 0) is 43.4 Å². The Kier molecular flexibility index (Phi) is 11.4. The number of benzene rings is 1. The van der Waals surface area contributed by atoms with E-state index in [0.29, 0.717) is 17.7 Å². The maximum absolute atomic E-state index is 13.0. The maximum atomic E-state index is 13.0. The summed E-state index contributed by atoms with van der Waals surface area (Å²) in [6.45, 7) is 1.43. The van der Waals surface area contributed by atoms with Gasteiger partial charge in [-0.3, -0.25) is 19.2 Å². The van der Waals surface area contributed by atoms with Gasteiger partial charge in [0.15, 0.2) is 0 Å². The lowest BCUT2D eigenvalue weighted by Crippen LogP contribution is -2.56. The number of hydrogen-bond donors (Lipinski definition) is 7. The molecular weight excluding hydrogens is 500 g/mol. The van der Waals surface area contributed by atoms with E-state index in [0.717, 1.165) is 10.9 Å². The number of hydrogen-bond acceptors (Lipinski definition) is 7. The van der Waals surface area contributed by atoms with Gasteiger partial charge in [0.2, 0.25) is 23.6 Å². The first kappa shape index (κ1) is 29.6. The van der Waals surface area contributed by atoms with Crippen LogP contribution in [0.3, 0.4) is 0 Å². The molecule has 1 aromatic carbocycles. The minimum absolute atomic E-state index is 0.0119. The standard InChI is InChI=1S/C24H34N6O6S/c1-13(28-22(33)16(25)9-10-37-2)21(32)29-18(7-8-20(26)31)23(34)30-19(24(35)36)11-14-12-27-17-6-4-3-5-15(14)17/h3-6,12-13,16,18-19,27H,7-11,25H2,1-2H3,(H2,26,31)(H,28,33)(H,29,32)(H,30,34)(H,35,36). The average Bonchev–Trinajstić information content (AvgIpc) is 3.26. The summed E-state index contributed by atoms with van der Waals surface area (Å²) >= 11 is 1.53. The lowest BCUT2D eigenvalue weighted by Gasteiger charge is -2.23. The van der Waals surface area contributed by atoms with E-state index < -0.39 is 53.8 Å². The summed E-state index contributed by atoms with van der Waals surface area (Å²) in [6.07, 6.45) is 3.60. The van der Waals surface area contributed by atoms with Crippen LogP contribution in [-0.4, -0.2) is 75.9 Å². The number of H-pyrrole nitrogens is 1. The second-order valence-corrected chi connectivity index (χ2v) is 9.63. The van der Waals surface area contributed by atoms with Gasteiger partial charge < -0.3 is 37.5 Å². The number of primary amides is 1. The molecule has 13 heteroatoms. The first-order valence-electron chi connectivity index (χ1n) is 11.7. The minimum Gasteiger partial charge on any atom is -0.480 e. The zero-order valence-electron chi connectivity index (χ0n) is 20.8. The number of thioether (sulfide) groups is 1. The molecule has 2 aromatic rings. The highest BCUT2D eigenvalue weighted by Gasteiger charge is 2.29. The van der Waals surface area contributed by atoms with Crippen LogP contribution in [0.2, 0.25) is 0 Å². The molecule has 0 aliphatic heterocycles. The van der Waals surface area contributed by atoms with Crippen molar-refractivity contribution in [1.82, 2.24) is 20.9 Å². The lowest BCUT2D eigenvalue weighted by molar-refractivity contribution is -0.142. The molecule has 4 atom stereocenters. The molecule has 0 saturated heterocycles. The predicted molar refractivity (Wildman–Crippen MR) is 141 cm³/mol. The van der Waals surface area contributed by atoms with E-state index in [2.05, 4.69) is 20.9 Å². The van der Waals surface area contributed by atoms with Crippen LogP contribution in [0.4, 0.5) is 0 Å². The van der Waals surface area contributed by atoms with Gasteiger partial charge in [-0.2, -0.15) is 11.8 Å². The number of carboxylic acid groups (broad SMARTS) is 1. The molecule has 0 aliphatic carbocycles. The number of para-hydroxylation sites is 1. The zero-order chi connectivity index (χ0) is 27.5. The molecule has 0 bridgehead atoms. The third-order valence-electron chi connectivity index (χ3n) is 5.75. The number of carbonyl (C=O) groups is 5. The molecule has 9 N–H and O–H groups in total. The molecule has 4 amide bonds. The third kappa shape index (κ3) is 9.10. The SMILES string of the molecule is CSCCC(N)C(=O)NC(C)C(=O)NC(CCC(N)=O)C(=O)NC(Cc1c[nH]c2ccccc12)C(=O)O. The van der Waals surface area contributed by atoms with Crippen molar-refractivity contribution in [3.63, 3.8) is 0 Å². The van der Waals surface area contributed by atoms with Crippen molar-refractivity contribution >= 4 is 52.3 Å². The summed E-state index contributed by atoms with van der Waals surface area (Å²) in [6, 6.07) is 2.96. The van der Waals surface area contributed by atoms with Crippen LogP contribution in [0, 0.1) is 0 Å². The number of aromatic amines is 1. The predicted octanol–water partition coefficient (Wildman–Crippen LogP) is -0.385. The molecule has 0 fully saturated rings. The van der Waals surface area contributed by atoms with Crippen molar-refractivity contribution in [1.29, 1.82) is 0 Å². The molecule has 0 aliphatic rings. The number of aromatic nitrogens is 1. The zero-order valence-corrected chi connectivity index (χ0v) is 21.6. The Bertz CT molecular complexity index is 1120. The maximum Gasteiger partial charge on any atom is 0.326 e. The molecule has 0 saturated carbocycles. The van der Waals surface area contributed by atoms with Gasteiger partial charge in [-0.1, -0.05) is 18.2 Å². The van der Waals surface area contributed by atoms with E-state index in [1.165, 1.54) is 18.7 Å². The van der Waals surface area contributed by atoms with Crippen LogP contribution in [0.25, 0.3) is 10.9 Å². The average molecular weight is 535 g/mol. The molecule has 1 heterocycles. The van der Waals surface area contributed by atoms with E-state index >= 15 is 0 Å². The Morgan fingerprint density at radius 3 is 2.32 bits per heavy atom. The highest BCUT2D eigenvalue weighted by Crippen LogP contribution is 2.19. The highest BCUT2D eigenvalue weighted by molar-refractivity contribution is 7.98. The quantitative estimate of drug-likeness (QED) is 0.160. The Balaban J connectivity index is 2.08. The van der Waals surface area contributed by atoms with E-state index in [9.17, 15) is 29.1 Å². The lowest BCUT2D eigenvalue weighted by atomic mass is 10.0. The van der Waals surface area contributed by atoms with Crippen LogP contribution in [0.15, 0.2) is 30.5 Å². The van der Waals surface area contributed by atoms with E-state index in [4.69, 9.17) is 11.5 Å². The van der Waals surface area contributed by atoms with Crippen molar-refractivity contribution in [2.45, 2.75) is 56.8 Å². The Morgan fingerprint density at radius 2 is 1.68 bits per heavy atom. The van der Waals surface area contributed by atoms with Gasteiger partial charge in [0.05, 0.1) is 6.04 Å². The summed E-state index contributed by atoms with van der Waals surface area (Å²) in [5.74, 6) is -3.29.